The minimum absolute atomic E-state index is 0.0317. The van der Waals surface area contributed by atoms with Crippen molar-refractivity contribution in [1.82, 2.24) is 0 Å². The zero-order chi connectivity index (χ0) is 15.9. The predicted molar refractivity (Wildman–Crippen MR) is 87.0 cm³/mol. The molecule has 1 fully saturated rings. The Hall–Kier alpha value is -2.10. The van der Waals surface area contributed by atoms with Crippen LogP contribution in [-0.4, -0.2) is 23.3 Å². The lowest BCUT2D eigenvalue weighted by molar-refractivity contribution is -0.138. The van der Waals surface area contributed by atoms with E-state index in [0.717, 1.165) is 18.4 Å². The number of cyclic esters (lactones) is 1. The molecule has 1 aliphatic heterocycles. The van der Waals surface area contributed by atoms with Crippen LogP contribution in [0.15, 0.2) is 46.7 Å². The van der Waals surface area contributed by atoms with E-state index in [1.165, 1.54) is 19.8 Å². The molecule has 0 aromatic heterocycles. The summed E-state index contributed by atoms with van der Waals surface area (Å²) in [4.78, 5) is 16.6. The van der Waals surface area contributed by atoms with Gasteiger partial charge in [0.05, 0.1) is 5.71 Å². The highest BCUT2D eigenvalue weighted by atomic mass is 16.6. The van der Waals surface area contributed by atoms with Crippen LogP contribution in [0.5, 0.6) is 0 Å². The molecule has 1 N–H and O–H groups in total. The Balaban J connectivity index is 2.23. The van der Waals surface area contributed by atoms with Crippen molar-refractivity contribution in [3.8, 4) is 0 Å². The minimum atomic E-state index is -0.517. The van der Waals surface area contributed by atoms with Crippen molar-refractivity contribution < 1.29 is 14.6 Å². The van der Waals surface area contributed by atoms with Gasteiger partial charge in [-0.05, 0) is 18.9 Å². The predicted octanol–water partition coefficient (Wildman–Crippen LogP) is 4.14. The summed E-state index contributed by atoms with van der Waals surface area (Å²) in [5.74, 6) is -0.531. The number of hydrogen-bond acceptors (Lipinski definition) is 4. The van der Waals surface area contributed by atoms with E-state index in [2.05, 4.69) is 11.9 Å². The third-order valence-electron chi connectivity index (χ3n) is 3.69. The first kappa shape index (κ1) is 16.3. The lowest BCUT2D eigenvalue weighted by atomic mass is 10.0. The summed E-state index contributed by atoms with van der Waals surface area (Å²) in [6.07, 6.45) is 3.94. The van der Waals surface area contributed by atoms with Crippen molar-refractivity contribution >= 4 is 11.7 Å². The third-order valence-corrected chi connectivity index (χ3v) is 3.69. The van der Waals surface area contributed by atoms with E-state index >= 15 is 0 Å². The number of ether oxygens (including phenoxy) is 1. The molecule has 4 heteroatoms. The van der Waals surface area contributed by atoms with Gasteiger partial charge in [0.15, 0.2) is 6.10 Å². The van der Waals surface area contributed by atoms with Crippen molar-refractivity contribution in [2.75, 3.05) is 6.54 Å². The molecule has 1 aliphatic rings. The molecule has 118 valence electrons. The van der Waals surface area contributed by atoms with Gasteiger partial charge in [-0.15, -0.1) is 0 Å². The second-order valence-corrected chi connectivity index (χ2v) is 5.48. The molecule has 0 bridgehead atoms. The zero-order valence-electron chi connectivity index (χ0n) is 13.2. The van der Waals surface area contributed by atoms with Gasteiger partial charge >= 0.3 is 5.97 Å². The smallest absolute Gasteiger partial charge is 0.344 e. The molecule has 1 atom stereocenters. The monoisotopic (exact) mass is 301 g/mol. The van der Waals surface area contributed by atoms with Gasteiger partial charge < -0.3 is 9.84 Å². The molecule has 22 heavy (non-hydrogen) atoms. The lowest BCUT2D eigenvalue weighted by Gasteiger charge is -2.10. The van der Waals surface area contributed by atoms with Crippen molar-refractivity contribution in [1.29, 1.82) is 0 Å². The molecule has 1 aromatic rings. The molecule has 0 saturated carbocycles. The quantitative estimate of drug-likeness (QED) is 0.372. The van der Waals surface area contributed by atoms with Crippen LogP contribution in [0.4, 0.5) is 0 Å². The highest BCUT2D eigenvalue weighted by molar-refractivity contribution is 6.26. The number of esters is 1. The van der Waals surface area contributed by atoms with E-state index in [0.29, 0.717) is 12.3 Å². The summed E-state index contributed by atoms with van der Waals surface area (Å²) in [5, 5.41) is 9.80. The van der Waals surface area contributed by atoms with Gasteiger partial charge in [0.1, 0.15) is 11.3 Å². The topological polar surface area (TPSA) is 58.9 Å². The number of unbranched alkanes of at least 4 members (excludes halogenated alkanes) is 3. The Bertz CT molecular complexity index is 571. The molecule has 0 amide bonds. The molecule has 2 rings (SSSR count). The molecule has 0 aliphatic carbocycles. The molecular formula is C18H23NO3. The molecule has 1 aromatic carbocycles. The summed E-state index contributed by atoms with van der Waals surface area (Å²) in [6.45, 7) is 4.30. The molecule has 1 unspecified atom stereocenters. The van der Waals surface area contributed by atoms with Crippen LogP contribution in [0, 0.1) is 0 Å². The van der Waals surface area contributed by atoms with Crippen LogP contribution in [0.25, 0.3) is 0 Å². The van der Waals surface area contributed by atoms with Crippen LogP contribution in [0.3, 0.4) is 0 Å². The number of rotatable bonds is 6. The molecule has 0 radical (unpaired) electrons. The van der Waals surface area contributed by atoms with Gasteiger partial charge in [-0.25, -0.2) is 4.79 Å². The normalized spacial score (nSPS) is 22.0. The minimum Gasteiger partial charge on any atom is -0.512 e. The van der Waals surface area contributed by atoms with Crippen molar-refractivity contribution in [2.45, 2.75) is 45.6 Å². The largest absolute Gasteiger partial charge is 0.512 e. The number of carbonyl (C=O) groups excluding carboxylic acids is 1. The first-order valence-electron chi connectivity index (χ1n) is 7.85. The van der Waals surface area contributed by atoms with Gasteiger partial charge in [-0.2, -0.15) is 0 Å². The Morgan fingerprint density at radius 1 is 1.23 bits per heavy atom. The van der Waals surface area contributed by atoms with Gasteiger partial charge in [0, 0.05) is 6.54 Å². The van der Waals surface area contributed by atoms with E-state index in [1.807, 2.05) is 30.3 Å². The van der Waals surface area contributed by atoms with Crippen molar-refractivity contribution in [3.05, 3.63) is 47.2 Å². The summed E-state index contributed by atoms with van der Waals surface area (Å²) < 4.78 is 5.42. The number of carbonyl (C=O) groups is 1. The summed E-state index contributed by atoms with van der Waals surface area (Å²) >= 11 is 0. The van der Waals surface area contributed by atoms with Crippen LogP contribution in [0.2, 0.25) is 0 Å². The maximum atomic E-state index is 12.0. The molecule has 1 saturated heterocycles. The van der Waals surface area contributed by atoms with Gasteiger partial charge in [0.25, 0.3) is 0 Å². The highest BCUT2D eigenvalue weighted by Gasteiger charge is 2.38. The number of benzene rings is 1. The van der Waals surface area contributed by atoms with Crippen LogP contribution in [0.1, 0.15) is 51.2 Å². The first-order chi connectivity index (χ1) is 10.6. The Morgan fingerprint density at radius 2 is 1.95 bits per heavy atom. The summed E-state index contributed by atoms with van der Waals surface area (Å²) in [6, 6.07) is 9.52. The summed E-state index contributed by atoms with van der Waals surface area (Å²) in [7, 11) is 0. The van der Waals surface area contributed by atoms with E-state index in [1.54, 1.807) is 0 Å². The second-order valence-electron chi connectivity index (χ2n) is 5.48. The molecule has 1 heterocycles. The van der Waals surface area contributed by atoms with E-state index in [9.17, 15) is 9.90 Å². The third kappa shape index (κ3) is 3.75. The van der Waals surface area contributed by atoms with Gasteiger partial charge in [0.2, 0.25) is 0 Å². The van der Waals surface area contributed by atoms with Gasteiger partial charge in [-0.1, -0.05) is 56.5 Å². The fourth-order valence-electron chi connectivity index (χ4n) is 2.54. The second kappa shape index (κ2) is 7.78. The van der Waals surface area contributed by atoms with E-state index in [-0.39, 0.29) is 11.3 Å². The number of aliphatic hydroxyl groups excluding tert-OH is 1. The Labute approximate surface area is 131 Å². The van der Waals surface area contributed by atoms with Crippen LogP contribution in [-0.2, 0) is 9.53 Å². The molecule has 4 nitrogen and oxygen atoms in total. The summed E-state index contributed by atoms with van der Waals surface area (Å²) in [5.41, 5.74) is 1.64. The lowest BCUT2D eigenvalue weighted by Crippen LogP contribution is -2.10. The highest BCUT2D eigenvalue weighted by Crippen LogP contribution is 2.32. The number of aliphatic imine (C=N–C) groups is 1. The van der Waals surface area contributed by atoms with Crippen molar-refractivity contribution in [3.63, 3.8) is 0 Å². The number of allylic oxidation sites excluding steroid dienone is 1. The Morgan fingerprint density at radius 3 is 2.59 bits per heavy atom. The number of hydrogen-bond donors (Lipinski definition) is 1. The van der Waals surface area contributed by atoms with Crippen LogP contribution < -0.4 is 0 Å². The van der Waals surface area contributed by atoms with E-state index in [4.69, 9.17) is 4.74 Å². The average Bonchev–Trinajstić information content (AvgIpc) is 2.84. The maximum Gasteiger partial charge on any atom is 0.344 e. The maximum absolute atomic E-state index is 12.0. The fourth-order valence-corrected chi connectivity index (χ4v) is 2.54. The SMILES string of the molecule is CCCCCCN=C1/C(=C(/C)O)C(=O)OC1c1ccccc1. The molecule has 0 spiro atoms. The number of aliphatic hydroxyl groups is 1. The standard InChI is InChI=1S/C18H23NO3/c1-3-4-5-9-12-19-16-15(13(2)20)18(21)22-17(16)14-10-7-6-8-11-14/h6-8,10-11,17,20H,3-5,9,12H2,1-2H3/b15-13+,19-16?. The van der Waals surface area contributed by atoms with Crippen LogP contribution >= 0.6 is 0 Å². The first-order valence-corrected chi connectivity index (χ1v) is 7.85. The zero-order valence-corrected chi connectivity index (χ0v) is 13.2. The number of nitrogens with zero attached hydrogens (tertiary/aromatic N) is 1. The average molecular weight is 301 g/mol. The van der Waals surface area contributed by atoms with E-state index < -0.39 is 12.1 Å². The Kier molecular flexibility index (Phi) is 5.75. The molecular weight excluding hydrogens is 278 g/mol. The van der Waals surface area contributed by atoms with Crippen molar-refractivity contribution in [2.24, 2.45) is 4.99 Å². The fraction of sp³-hybridized carbons (Fsp3) is 0.444. The van der Waals surface area contributed by atoms with Gasteiger partial charge in [-0.3, -0.25) is 4.99 Å².